The Morgan fingerprint density at radius 3 is 1.05 bits per heavy atom. The summed E-state index contributed by atoms with van der Waals surface area (Å²) in [6.07, 6.45) is 18.2. The van der Waals surface area contributed by atoms with Gasteiger partial charge in [-0.25, -0.2) is 0 Å². The number of benzene rings is 2. The van der Waals surface area contributed by atoms with Gasteiger partial charge in [-0.2, -0.15) is 0 Å². The average Bonchev–Trinajstić information content (AvgIpc) is 2.91. The summed E-state index contributed by atoms with van der Waals surface area (Å²) in [7, 11) is 0. The molecule has 0 nitrogen and oxygen atoms in total. The van der Waals surface area contributed by atoms with E-state index in [1.54, 1.807) is 0 Å². The molecule has 0 unspecified atom stereocenters. The van der Waals surface area contributed by atoms with Crippen LogP contribution in [0, 0.1) is 0 Å². The maximum Gasteiger partial charge on any atom is 0.0476 e. The van der Waals surface area contributed by atoms with Gasteiger partial charge in [-0.05, 0) is 116 Å². The molecule has 0 aliphatic heterocycles. The Hall–Kier alpha value is -0.400. The number of rotatable bonds is 16. The molecule has 0 N–H and O–H groups in total. The molecule has 2 aromatic carbocycles. The smallest absolute Gasteiger partial charge is 0.0476 e. The molecule has 2 aromatic rings. The van der Waals surface area contributed by atoms with Crippen LogP contribution < -0.4 is 0 Å². The third-order valence-electron chi connectivity index (χ3n) is 7.28. The van der Waals surface area contributed by atoms with Crippen molar-refractivity contribution < 1.29 is 0 Å². The van der Waals surface area contributed by atoms with E-state index in [2.05, 4.69) is 41.5 Å². The molecule has 0 aliphatic rings. The first-order valence-corrected chi connectivity index (χ1v) is 16.8. The van der Waals surface area contributed by atoms with Crippen molar-refractivity contribution in [3.8, 4) is 0 Å². The minimum atomic E-state index is 0.803. The zero-order valence-electron chi connectivity index (χ0n) is 25.0. The molecule has 38 heavy (non-hydrogen) atoms. The lowest BCUT2D eigenvalue weighted by molar-refractivity contribution is 0.735. The Labute approximate surface area is 255 Å². The van der Waals surface area contributed by atoms with Gasteiger partial charge in [0.05, 0.1) is 0 Å². The molecule has 0 aliphatic carbocycles. The third kappa shape index (κ3) is 11.2. The van der Waals surface area contributed by atoms with E-state index < -0.39 is 0 Å². The Morgan fingerprint density at radius 2 is 0.737 bits per heavy atom. The van der Waals surface area contributed by atoms with Gasteiger partial charge in [-0.1, -0.05) is 120 Å². The summed E-state index contributed by atoms with van der Waals surface area (Å²) in [5.41, 5.74) is 7.75. The molecular weight excluding hydrogens is 550 g/mol. The second-order valence-corrected chi connectivity index (χ2v) is 12.0. The standard InChI is InChI=1S/C22H36Cl2.C12H16Cl2/c1-5-9-13-17-18(14-10-6-2)22(24)20(16-12-8-4)19(21(17)23)15-11-7-3;1-3-5-6-10-8-11(13)7-9(4-2)12(10)14/h5-16H2,1-4H3;7-8H,3-6H2,1-2H3. The first kappa shape index (κ1) is 35.6. The van der Waals surface area contributed by atoms with E-state index in [1.807, 2.05) is 12.1 Å². The van der Waals surface area contributed by atoms with E-state index in [1.165, 1.54) is 92.0 Å². The summed E-state index contributed by atoms with van der Waals surface area (Å²) in [6.45, 7) is 13.3. The highest BCUT2D eigenvalue weighted by Crippen LogP contribution is 2.39. The fourth-order valence-corrected chi connectivity index (χ4v) is 6.30. The summed E-state index contributed by atoms with van der Waals surface area (Å²) in [4.78, 5) is 0. The van der Waals surface area contributed by atoms with Gasteiger partial charge in [0.2, 0.25) is 0 Å². The van der Waals surface area contributed by atoms with Gasteiger partial charge in [0, 0.05) is 20.1 Å². The summed E-state index contributed by atoms with van der Waals surface area (Å²) in [6, 6.07) is 3.94. The molecule has 0 saturated carbocycles. The minimum Gasteiger partial charge on any atom is -0.0843 e. The van der Waals surface area contributed by atoms with Gasteiger partial charge >= 0.3 is 0 Å². The van der Waals surface area contributed by atoms with Crippen molar-refractivity contribution in [3.63, 3.8) is 0 Å². The Balaban J connectivity index is 0.000000437. The summed E-state index contributed by atoms with van der Waals surface area (Å²) in [5, 5.41) is 3.79. The van der Waals surface area contributed by atoms with E-state index in [0.717, 1.165) is 64.2 Å². The summed E-state index contributed by atoms with van der Waals surface area (Å²) in [5.74, 6) is 0. The number of hydrogen-bond acceptors (Lipinski definition) is 0. The highest BCUT2D eigenvalue weighted by molar-refractivity contribution is 6.36. The molecule has 4 heteroatoms. The quantitative estimate of drug-likeness (QED) is 0.179. The van der Waals surface area contributed by atoms with E-state index in [4.69, 9.17) is 46.4 Å². The SMILES string of the molecule is CCCCc1c(Cl)c(CCCC)c(CCCC)c(Cl)c1CCCC.CCCCc1cc(Cl)cc(CC)c1Cl. The molecular formula is C34H52Cl4. The highest BCUT2D eigenvalue weighted by Gasteiger charge is 2.21. The Morgan fingerprint density at radius 1 is 0.421 bits per heavy atom. The minimum absolute atomic E-state index is 0.803. The largest absolute Gasteiger partial charge is 0.0843 e. The molecule has 0 fully saturated rings. The lowest BCUT2D eigenvalue weighted by Crippen LogP contribution is -2.07. The lowest BCUT2D eigenvalue weighted by Gasteiger charge is -2.22. The molecule has 0 radical (unpaired) electrons. The van der Waals surface area contributed by atoms with Crippen LogP contribution in [0.5, 0.6) is 0 Å². The molecule has 0 saturated heterocycles. The van der Waals surface area contributed by atoms with Gasteiger partial charge in [0.25, 0.3) is 0 Å². The zero-order valence-corrected chi connectivity index (χ0v) is 28.0. The maximum atomic E-state index is 6.96. The van der Waals surface area contributed by atoms with Crippen LogP contribution in [-0.4, -0.2) is 0 Å². The normalized spacial score (nSPS) is 11.0. The Kier molecular flexibility index (Phi) is 19.2. The van der Waals surface area contributed by atoms with Gasteiger partial charge in [0.1, 0.15) is 0 Å². The van der Waals surface area contributed by atoms with Crippen molar-refractivity contribution in [2.75, 3.05) is 0 Å². The lowest BCUT2D eigenvalue weighted by atomic mass is 9.88. The zero-order chi connectivity index (χ0) is 28.5. The van der Waals surface area contributed by atoms with E-state index in [0.29, 0.717) is 0 Å². The van der Waals surface area contributed by atoms with Crippen molar-refractivity contribution in [2.24, 2.45) is 0 Å². The van der Waals surface area contributed by atoms with Gasteiger partial charge in [-0.15, -0.1) is 0 Å². The number of aryl methyl sites for hydroxylation is 2. The molecule has 216 valence electrons. The fraction of sp³-hybridized carbons (Fsp3) is 0.647. The maximum absolute atomic E-state index is 6.96. The Bertz CT molecular complexity index is 862. The number of unbranched alkanes of at least 4 members (excludes halogenated alkanes) is 5. The molecule has 0 heterocycles. The van der Waals surface area contributed by atoms with E-state index in [-0.39, 0.29) is 0 Å². The van der Waals surface area contributed by atoms with Crippen LogP contribution in [-0.2, 0) is 38.5 Å². The molecule has 2 rings (SSSR count). The van der Waals surface area contributed by atoms with Crippen LogP contribution in [0.25, 0.3) is 0 Å². The van der Waals surface area contributed by atoms with Crippen molar-refractivity contribution in [2.45, 2.75) is 144 Å². The van der Waals surface area contributed by atoms with Crippen LogP contribution in [0.1, 0.15) is 139 Å². The average molecular weight is 603 g/mol. The van der Waals surface area contributed by atoms with Gasteiger partial charge in [0.15, 0.2) is 0 Å². The third-order valence-corrected chi connectivity index (χ3v) is 8.89. The van der Waals surface area contributed by atoms with Crippen LogP contribution >= 0.6 is 46.4 Å². The summed E-state index contributed by atoms with van der Waals surface area (Å²) >= 11 is 26.2. The van der Waals surface area contributed by atoms with Crippen LogP contribution in [0.4, 0.5) is 0 Å². The van der Waals surface area contributed by atoms with Crippen molar-refractivity contribution in [3.05, 3.63) is 65.6 Å². The first-order chi connectivity index (χ1) is 18.3. The topological polar surface area (TPSA) is 0 Å². The number of hydrogen-bond donors (Lipinski definition) is 0. The second kappa shape index (κ2) is 20.5. The summed E-state index contributed by atoms with van der Waals surface area (Å²) < 4.78 is 0. The van der Waals surface area contributed by atoms with Crippen LogP contribution in [0.15, 0.2) is 12.1 Å². The number of halogens is 4. The molecule has 0 bridgehead atoms. The van der Waals surface area contributed by atoms with Crippen molar-refractivity contribution >= 4 is 46.4 Å². The molecule has 0 spiro atoms. The predicted octanol–water partition coefficient (Wildman–Crippen LogP) is 13.3. The van der Waals surface area contributed by atoms with Crippen LogP contribution in [0.3, 0.4) is 0 Å². The van der Waals surface area contributed by atoms with Gasteiger partial charge < -0.3 is 0 Å². The predicted molar refractivity (Wildman–Crippen MR) is 175 cm³/mol. The van der Waals surface area contributed by atoms with Crippen molar-refractivity contribution in [1.82, 2.24) is 0 Å². The van der Waals surface area contributed by atoms with E-state index >= 15 is 0 Å². The molecule has 0 atom stereocenters. The molecule has 0 amide bonds. The fourth-order valence-electron chi connectivity index (χ4n) is 4.86. The second-order valence-electron chi connectivity index (χ2n) is 10.5. The van der Waals surface area contributed by atoms with Crippen LogP contribution in [0.2, 0.25) is 20.1 Å². The monoisotopic (exact) mass is 600 g/mol. The van der Waals surface area contributed by atoms with E-state index in [9.17, 15) is 0 Å². The molecule has 0 aromatic heterocycles. The highest BCUT2D eigenvalue weighted by atomic mass is 35.5. The van der Waals surface area contributed by atoms with Gasteiger partial charge in [-0.3, -0.25) is 0 Å². The first-order valence-electron chi connectivity index (χ1n) is 15.3. The van der Waals surface area contributed by atoms with Crippen molar-refractivity contribution in [1.29, 1.82) is 0 Å².